The Balaban J connectivity index is -0.00000146. The summed E-state index contributed by atoms with van der Waals surface area (Å²) >= 11 is 0. The summed E-state index contributed by atoms with van der Waals surface area (Å²) in [6.45, 7) is 31.5. The molecule has 17 nitrogen and oxygen atoms in total. The lowest BCUT2D eigenvalue weighted by Crippen LogP contribution is -2.49. The second-order valence-corrected chi connectivity index (χ2v) is 16.3. The van der Waals surface area contributed by atoms with Crippen molar-refractivity contribution in [3.05, 3.63) is 0 Å². The van der Waals surface area contributed by atoms with Gasteiger partial charge in [-0.15, -0.1) is 10.2 Å². The molecular weight excluding hydrogens is 717 g/mol. The van der Waals surface area contributed by atoms with Crippen LogP contribution in [0.5, 0.6) is 0 Å². The van der Waals surface area contributed by atoms with Gasteiger partial charge in [-0.3, -0.25) is 20.4 Å². The van der Waals surface area contributed by atoms with Crippen LogP contribution in [0.3, 0.4) is 0 Å². The summed E-state index contributed by atoms with van der Waals surface area (Å²) in [7, 11) is 2.98. The monoisotopic (exact) mass is 803 g/mol. The number of hydrogen-bond donors (Lipinski definition) is 6. The van der Waals surface area contributed by atoms with Crippen LogP contribution in [0.15, 0.2) is 10.3 Å². The normalized spacial score (nSPS) is 13.1. The first-order valence-corrected chi connectivity index (χ1v) is 20.4. The van der Waals surface area contributed by atoms with Crippen LogP contribution in [-0.2, 0) is 23.9 Å². The third kappa shape index (κ3) is 35.8. The second-order valence-electron chi connectivity index (χ2n) is 16.3. The van der Waals surface area contributed by atoms with E-state index in [1.165, 1.54) is 30.4 Å². The fourth-order valence-corrected chi connectivity index (χ4v) is 4.24. The predicted molar refractivity (Wildman–Crippen MR) is 228 cm³/mol. The lowest BCUT2D eigenvalue weighted by molar-refractivity contribution is -0.128. The van der Waals surface area contributed by atoms with Crippen molar-refractivity contribution in [3.63, 3.8) is 0 Å². The third-order valence-electron chi connectivity index (χ3n) is 8.01. The van der Waals surface area contributed by atoms with Gasteiger partial charge in [0.2, 0.25) is 11.8 Å². The van der Waals surface area contributed by atoms with E-state index in [0.717, 1.165) is 19.6 Å². The van der Waals surface area contributed by atoms with E-state index in [2.05, 4.69) is 54.0 Å². The van der Waals surface area contributed by atoms with Crippen molar-refractivity contribution >= 4 is 25.5 Å². The molecule has 1 unspecified atom stereocenters. The Bertz CT molecular complexity index is 1040. The zero-order valence-electron chi connectivity index (χ0n) is 38.1. The number of hydrogen-bond acceptors (Lipinski definition) is 14. The van der Waals surface area contributed by atoms with E-state index >= 15 is 0 Å². The topological polar surface area (TPSA) is 227 Å². The third-order valence-corrected chi connectivity index (χ3v) is 8.01. The van der Waals surface area contributed by atoms with Crippen LogP contribution in [0.2, 0.25) is 0 Å². The van der Waals surface area contributed by atoms with Crippen LogP contribution in [-0.4, -0.2) is 122 Å². The summed E-state index contributed by atoms with van der Waals surface area (Å²) in [6.07, 6.45) is 5.66. The van der Waals surface area contributed by atoms with Gasteiger partial charge < -0.3 is 41.6 Å². The lowest BCUT2D eigenvalue weighted by atomic mass is 9.99. The predicted octanol–water partition coefficient (Wildman–Crippen LogP) is 4.77. The van der Waals surface area contributed by atoms with E-state index in [9.17, 15) is 14.4 Å². The molecule has 0 bridgehead atoms. The average molecular weight is 803 g/mol. The molecule has 1 radical (unpaired) electrons. The van der Waals surface area contributed by atoms with Gasteiger partial charge in [-0.25, -0.2) is 9.80 Å². The maximum absolute atomic E-state index is 12.7. The van der Waals surface area contributed by atoms with Gasteiger partial charge in [0.15, 0.2) is 6.67 Å². The minimum absolute atomic E-state index is 0.0700. The molecule has 0 aromatic heterocycles. The highest BCUT2D eigenvalue weighted by Crippen LogP contribution is 2.25. The molecule has 0 fully saturated rings. The molecule has 18 heteroatoms. The summed E-state index contributed by atoms with van der Waals surface area (Å²) in [5, 5.41) is 19.6. The first kappa shape index (κ1) is 57.7. The first-order valence-electron chi connectivity index (χ1n) is 20.4. The number of carbonyl (C=O) groups excluding carboxylic acids is 3. The fraction of sp³-hybridized carbons (Fsp3) is 0.921. The van der Waals surface area contributed by atoms with Crippen molar-refractivity contribution in [3.8, 4) is 0 Å². The zero-order valence-corrected chi connectivity index (χ0v) is 38.1. The number of unbranched alkanes of at least 4 members (excludes halogenated alkanes) is 2. The molecule has 1 atom stereocenters. The summed E-state index contributed by atoms with van der Waals surface area (Å²) in [5.74, 6) is 4.75. The highest BCUT2D eigenvalue weighted by molar-refractivity contribution is 6.26. The van der Waals surface area contributed by atoms with Crippen LogP contribution in [0, 0.1) is 0 Å². The molecule has 0 aliphatic carbocycles. The smallest absolute Gasteiger partial charge is 0.379 e. The molecule has 0 saturated heterocycles. The number of hydroxylamine groups is 2. The number of amides is 3. The molecular formula is C38H85BN11O6. The molecule has 56 heavy (non-hydrogen) atoms. The molecule has 0 aromatic carbocycles. The zero-order chi connectivity index (χ0) is 44.0. The van der Waals surface area contributed by atoms with Gasteiger partial charge >= 0.3 is 13.6 Å². The molecule has 0 saturated carbocycles. The SMILES string of the molecule is CC(C)NC(=O)C(CCCCNC(=O)CC(C)(C)OCCC(C)(C)N1CN=N1)NC(=O)ON(C)CCC(C)(C)N.CCCC.CCN(N)[B]N.CCOC(C)C. The van der Waals surface area contributed by atoms with Crippen molar-refractivity contribution in [1.29, 1.82) is 0 Å². The van der Waals surface area contributed by atoms with E-state index in [0.29, 0.717) is 58.2 Å². The highest BCUT2D eigenvalue weighted by atomic mass is 16.7. The fourth-order valence-electron chi connectivity index (χ4n) is 4.24. The van der Waals surface area contributed by atoms with Gasteiger partial charge in [0.05, 0.1) is 23.7 Å². The molecule has 331 valence electrons. The maximum Gasteiger partial charge on any atom is 0.426 e. The Hall–Kier alpha value is -2.61. The number of nitrogens with two attached hydrogens (primary N) is 3. The Morgan fingerprint density at radius 3 is 1.93 bits per heavy atom. The summed E-state index contributed by atoms with van der Waals surface area (Å²) < 4.78 is 11.0. The number of carbonyl (C=O) groups is 3. The number of rotatable bonds is 24. The van der Waals surface area contributed by atoms with Crippen molar-refractivity contribution < 1.29 is 28.7 Å². The molecule has 0 spiro atoms. The molecule has 1 heterocycles. The average Bonchev–Trinajstić information content (AvgIpc) is 3.04. The maximum atomic E-state index is 12.7. The van der Waals surface area contributed by atoms with Crippen molar-refractivity contribution in [2.24, 2.45) is 27.6 Å². The van der Waals surface area contributed by atoms with E-state index in [1.54, 1.807) is 7.05 Å². The molecule has 1 aliphatic rings. The summed E-state index contributed by atoms with van der Waals surface area (Å²) in [4.78, 5) is 44.2. The van der Waals surface area contributed by atoms with Crippen LogP contribution < -0.4 is 33.2 Å². The number of nitrogens with zero attached hydrogens (tertiary/aromatic N) is 5. The highest BCUT2D eigenvalue weighted by Gasteiger charge is 2.31. The van der Waals surface area contributed by atoms with Gasteiger partial charge in [0.1, 0.15) is 6.04 Å². The van der Waals surface area contributed by atoms with E-state index in [4.69, 9.17) is 31.5 Å². The van der Waals surface area contributed by atoms with Crippen molar-refractivity contribution in [1.82, 2.24) is 30.9 Å². The van der Waals surface area contributed by atoms with Crippen LogP contribution in [0.25, 0.3) is 0 Å². The minimum atomic E-state index is -0.751. The van der Waals surface area contributed by atoms with Crippen LogP contribution >= 0.6 is 0 Å². The van der Waals surface area contributed by atoms with Crippen LogP contribution in [0.1, 0.15) is 148 Å². The van der Waals surface area contributed by atoms with Crippen molar-refractivity contribution in [2.75, 3.05) is 46.6 Å². The summed E-state index contributed by atoms with van der Waals surface area (Å²) in [5.41, 5.74) is 9.81. The molecule has 3 amide bonds. The molecule has 0 aromatic rings. The van der Waals surface area contributed by atoms with Gasteiger partial charge in [-0.05, 0) is 115 Å². The molecule has 1 aliphatic heterocycles. The Morgan fingerprint density at radius 1 is 0.946 bits per heavy atom. The molecule has 1 rings (SSSR count). The Kier molecular flexibility index (Phi) is 33.4. The van der Waals surface area contributed by atoms with E-state index < -0.39 is 17.7 Å². The van der Waals surface area contributed by atoms with Gasteiger partial charge in [0, 0.05) is 44.9 Å². The largest absolute Gasteiger partial charge is 0.426 e. The Morgan fingerprint density at radius 2 is 1.54 bits per heavy atom. The summed E-state index contributed by atoms with van der Waals surface area (Å²) in [6, 6.07) is -0.821. The van der Waals surface area contributed by atoms with E-state index in [-0.39, 0.29) is 35.4 Å². The lowest BCUT2D eigenvalue weighted by Gasteiger charge is -2.38. The first-order chi connectivity index (χ1) is 25.9. The molecule has 9 N–H and O–H groups in total. The van der Waals surface area contributed by atoms with Gasteiger partial charge in [0.25, 0.3) is 0 Å². The quantitative estimate of drug-likeness (QED) is 0.0336. The minimum Gasteiger partial charge on any atom is -0.379 e. The standard InChI is InChI=1S/C27H54N8O5.C5H12O.C4H10.C2H9BN3/c1-20(2)31-23(37)21(32-24(38)40-34(9)16-13-25(3,4)28)12-10-11-15-29-22(36)18-27(7,8)39-17-14-26(5,6)35-19-30-33-35;1-4-6-5(2)3;1-3-4-2;1-2-6(5)3-4/h20-21H,10-19,28H2,1-9H3,(H,29,36)(H,31,37)(H,32,38);5H,4H2,1-3H3;3-4H2,1-2H3;2,4-5H2,1H3. The van der Waals surface area contributed by atoms with Crippen LogP contribution in [0.4, 0.5) is 4.79 Å². The number of nitrogens with one attached hydrogen (secondary N) is 3. The van der Waals surface area contributed by atoms with E-state index in [1.807, 2.05) is 74.2 Å². The van der Waals surface area contributed by atoms with Gasteiger partial charge in [-0.2, -0.15) is 0 Å². The van der Waals surface area contributed by atoms with Gasteiger partial charge in [-0.1, -0.05) is 38.8 Å². The Labute approximate surface area is 341 Å². The number of hydrazine groups is 1. The second kappa shape index (κ2) is 32.4. The number of ether oxygens (including phenoxy) is 2. The van der Waals surface area contributed by atoms with Crippen molar-refractivity contribution in [2.45, 2.75) is 183 Å².